The maximum atomic E-state index is 5.35. The van der Waals surface area contributed by atoms with Crippen LogP contribution in [0.3, 0.4) is 0 Å². The zero-order valence-corrected chi connectivity index (χ0v) is 9.03. The lowest BCUT2D eigenvalue weighted by molar-refractivity contribution is 0.339. The summed E-state index contributed by atoms with van der Waals surface area (Å²) in [6.45, 7) is 2.25. The molecule has 3 nitrogen and oxygen atoms in total. The lowest BCUT2D eigenvalue weighted by Gasteiger charge is -2.14. The highest BCUT2D eigenvalue weighted by molar-refractivity contribution is 5.77. The van der Waals surface area contributed by atoms with E-state index < -0.39 is 0 Å². The van der Waals surface area contributed by atoms with E-state index in [0.717, 1.165) is 11.5 Å². The molecule has 15 heavy (non-hydrogen) atoms. The maximum absolute atomic E-state index is 5.35. The van der Waals surface area contributed by atoms with Gasteiger partial charge in [-0.1, -0.05) is 12.1 Å². The van der Waals surface area contributed by atoms with E-state index >= 15 is 0 Å². The van der Waals surface area contributed by atoms with E-state index in [0.29, 0.717) is 0 Å². The molecule has 1 fully saturated rings. The van der Waals surface area contributed by atoms with E-state index in [9.17, 15) is 0 Å². The van der Waals surface area contributed by atoms with Crippen LogP contribution in [0.1, 0.15) is 19.8 Å². The third kappa shape index (κ3) is 1.16. The third-order valence-electron chi connectivity index (χ3n) is 3.23. The molecule has 1 heterocycles. The molecule has 0 unspecified atom stereocenters. The van der Waals surface area contributed by atoms with Gasteiger partial charge in [0.2, 0.25) is 0 Å². The molecule has 0 atom stereocenters. The second kappa shape index (κ2) is 2.75. The molecule has 0 bridgehead atoms. The molecule has 0 spiro atoms. The number of hydrogen-bond donors (Lipinski definition) is 0. The highest BCUT2D eigenvalue weighted by Gasteiger charge is 2.42. The first kappa shape index (κ1) is 8.77. The standard InChI is InChI=1S/C12H14N2O/c1-12(7-8-12)14-10-6-4-3-5-9(10)13-11(14)15-2/h3-6H,7-8H2,1-2H3. The van der Waals surface area contributed by atoms with Crippen molar-refractivity contribution in [2.24, 2.45) is 0 Å². The smallest absolute Gasteiger partial charge is 0.297 e. The number of para-hydroxylation sites is 2. The molecule has 0 radical (unpaired) electrons. The zero-order chi connectivity index (χ0) is 10.5. The summed E-state index contributed by atoms with van der Waals surface area (Å²) in [4.78, 5) is 4.48. The number of nitrogens with zero attached hydrogens (tertiary/aromatic N) is 2. The Morgan fingerprint density at radius 2 is 2.07 bits per heavy atom. The second-order valence-corrected chi connectivity index (χ2v) is 4.42. The molecule has 0 N–H and O–H groups in total. The quantitative estimate of drug-likeness (QED) is 0.748. The zero-order valence-electron chi connectivity index (χ0n) is 9.03. The van der Waals surface area contributed by atoms with Gasteiger partial charge in [-0.15, -0.1) is 0 Å². The van der Waals surface area contributed by atoms with E-state index in [2.05, 4.69) is 22.5 Å². The number of methoxy groups -OCH3 is 1. The van der Waals surface area contributed by atoms with Gasteiger partial charge in [-0.2, -0.15) is 4.98 Å². The molecule has 2 aromatic rings. The van der Waals surface area contributed by atoms with Gasteiger partial charge in [0.25, 0.3) is 6.01 Å². The molecular formula is C12H14N2O. The van der Waals surface area contributed by atoms with Gasteiger partial charge in [-0.25, -0.2) is 0 Å². The number of ether oxygens (including phenoxy) is 1. The topological polar surface area (TPSA) is 27.1 Å². The summed E-state index contributed by atoms with van der Waals surface area (Å²) in [6.07, 6.45) is 2.42. The lowest BCUT2D eigenvalue weighted by Crippen LogP contribution is -2.13. The van der Waals surface area contributed by atoms with Crippen molar-refractivity contribution in [3.63, 3.8) is 0 Å². The number of imidazole rings is 1. The number of hydrogen-bond acceptors (Lipinski definition) is 2. The lowest BCUT2D eigenvalue weighted by atomic mass is 10.2. The van der Waals surface area contributed by atoms with Crippen molar-refractivity contribution in [3.8, 4) is 6.01 Å². The summed E-state index contributed by atoms with van der Waals surface area (Å²) in [5.41, 5.74) is 2.42. The van der Waals surface area contributed by atoms with Gasteiger partial charge in [0, 0.05) is 5.54 Å². The summed E-state index contributed by atoms with van der Waals surface area (Å²) in [6, 6.07) is 8.92. The van der Waals surface area contributed by atoms with Crippen molar-refractivity contribution in [3.05, 3.63) is 24.3 Å². The number of aromatic nitrogens is 2. The molecule has 0 saturated heterocycles. The fourth-order valence-electron chi connectivity index (χ4n) is 2.07. The Balaban J connectivity index is 2.32. The molecule has 3 heteroatoms. The second-order valence-electron chi connectivity index (χ2n) is 4.42. The van der Waals surface area contributed by atoms with Crippen molar-refractivity contribution in [1.29, 1.82) is 0 Å². The van der Waals surface area contributed by atoms with Crippen LogP contribution in [0.25, 0.3) is 11.0 Å². The van der Waals surface area contributed by atoms with E-state index in [1.165, 1.54) is 18.4 Å². The van der Waals surface area contributed by atoms with Gasteiger partial charge in [-0.05, 0) is 31.9 Å². The minimum Gasteiger partial charge on any atom is -0.468 e. The van der Waals surface area contributed by atoms with Gasteiger partial charge in [0.05, 0.1) is 18.1 Å². The Morgan fingerprint density at radius 3 is 2.73 bits per heavy atom. The fraction of sp³-hybridized carbons (Fsp3) is 0.417. The highest BCUT2D eigenvalue weighted by atomic mass is 16.5. The van der Waals surface area contributed by atoms with Crippen LogP contribution in [0, 0.1) is 0 Å². The summed E-state index contributed by atoms with van der Waals surface area (Å²) >= 11 is 0. The van der Waals surface area contributed by atoms with Crippen LogP contribution in [0.15, 0.2) is 24.3 Å². The first-order valence-electron chi connectivity index (χ1n) is 5.26. The predicted octanol–water partition coefficient (Wildman–Crippen LogP) is 2.55. The fourth-order valence-corrected chi connectivity index (χ4v) is 2.07. The SMILES string of the molecule is COc1nc2ccccc2n1C1(C)CC1. The first-order chi connectivity index (χ1) is 7.24. The largest absolute Gasteiger partial charge is 0.468 e. The Labute approximate surface area is 88.7 Å². The summed E-state index contributed by atoms with van der Waals surface area (Å²) in [5.74, 6) is 0. The van der Waals surface area contributed by atoms with Crippen molar-refractivity contribution < 1.29 is 4.74 Å². The van der Waals surface area contributed by atoms with Gasteiger partial charge in [0.1, 0.15) is 0 Å². The molecular weight excluding hydrogens is 188 g/mol. The normalized spacial score (nSPS) is 18.0. The molecule has 78 valence electrons. The average molecular weight is 202 g/mol. The highest BCUT2D eigenvalue weighted by Crippen LogP contribution is 2.47. The van der Waals surface area contributed by atoms with Gasteiger partial charge < -0.3 is 4.74 Å². The molecule has 1 aliphatic carbocycles. The van der Waals surface area contributed by atoms with Crippen LogP contribution < -0.4 is 4.74 Å². The number of fused-ring (bicyclic) bond motifs is 1. The third-order valence-corrected chi connectivity index (χ3v) is 3.23. The summed E-state index contributed by atoms with van der Waals surface area (Å²) in [5, 5.41) is 0. The predicted molar refractivity (Wildman–Crippen MR) is 59.2 cm³/mol. The number of rotatable bonds is 2. The van der Waals surface area contributed by atoms with Crippen LogP contribution in [-0.2, 0) is 5.54 Å². The van der Waals surface area contributed by atoms with Crippen LogP contribution in [0.2, 0.25) is 0 Å². The Hall–Kier alpha value is -1.51. The molecule has 0 amide bonds. The number of benzene rings is 1. The summed E-state index contributed by atoms with van der Waals surface area (Å²) in [7, 11) is 1.68. The van der Waals surface area contributed by atoms with E-state index in [1.54, 1.807) is 7.11 Å². The van der Waals surface area contributed by atoms with Crippen molar-refractivity contribution in [1.82, 2.24) is 9.55 Å². The van der Waals surface area contributed by atoms with Crippen molar-refractivity contribution >= 4 is 11.0 Å². The van der Waals surface area contributed by atoms with Crippen molar-refractivity contribution in [2.45, 2.75) is 25.3 Å². The summed E-state index contributed by atoms with van der Waals surface area (Å²) < 4.78 is 7.57. The van der Waals surface area contributed by atoms with Gasteiger partial charge in [0.15, 0.2) is 0 Å². The van der Waals surface area contributed by atoms with E-state index in [4.69, 9.17) is 4.74 Å². The average Bonchev–Trinajstić information content (AvgIpc) is 2.87. The molecule has 1 aromatic heterocycles. The van der Waals surface area contributed by atoms with Crippen LogP contribution >= 0.6 is 0 Å². The van der Waals surface area contributed by atoms with Crippen LogP contribution in [0.4, 0.5) is 0 Å². The minimum absolute atomic E-state index is 0.224. The van der Waals surface area contributed by atoms with Crippen LogP contribution in [0.5, 0.6) is 6.01 Å². The minimum atomic E-state index is 0.224. The molecule has 1 aliphatic rings. The van der Waals surface area contributed by atoms with E-state index in [-0.39, 0.29) is 5.54 Å². The first-order valence-corrected chi connectivity index (χ1v) is 5.26. The van der Waals surface area contributed by atoms with Gasteiger partial charge >= 0.3 is 0 Å². The molecule has 3 rings (SSSR count). The van der Waals surface area contributed by atoms with Crippen LogP contribution in [-0.4, -0.2) is 16.7 Å². The Kier molecular flexibility index (Phi) is 1.61. The van der Waals surface area contributed by atoms with E-state index in [1.807, 2.05) is 18.2 Å². The maximum Gasteiger partial charge on any atom is 0.297 e. The monoisotopic (exact) mass is 202 g/mol. The molecule has 0 aliphatic heterocycles. The van der Waals surface area contributed by atoms with Crippen molar-refractivity contribution in [2.75, 3.05) is 7.11 Å². The molecule has 1 aromatic carbocycles. The van der Waals surface area contributed by atoms with Gasteiger partial charge in [-0.3, -0.25) is 4.57 Å². The Bertz CT molecular complexity index is 511. The molecule has 1 saturated carbocycles. The Morgan fingerprint density at radius 1 is 1.33 bits per heavy atom.